The molecule has 0 spiro atoms. The highest BCUT2D eigenvalue weighted by molar-refractivity contribution is 5.87. The van der Waals surface area contributed by atoms with Gasteiger partial charge in [-0.1, -0.05) is 12.1 Å². The fourth-order valence-electron chi connectivity index (χ4n) is 4.80. The van der Waals surface area contributed by atoms with Crippen molar-refractivity contribution < 1.29 is 19.3 Å². The second kappa shape index (κ2) is 7.88. The molecular formula is C24H28N4O4. The normalized spacial score (nSPS) is 24.2. The molecule has 8 nitrogen and oxygen atoms in total. The maximum atomic E-state index is 9.99. The zero-order valence-corrected chi connectivity index (χ0v) is 18.7. The van der Waals surface area contributed by atoms with Crippen molar-refractivity contribution in [3.05, 3.63) is 59.6 Å². The first-order valence-electron chi connectivity index (χ1n) is 10.8. The number of hydrogen-bond donors (Lipinski definition) is 2. The summed E-state index contributed by atoms with van der Waals surface area (Å²) in [7, 11) is 1.66. The number of nitrogens with one attached hydrogen (secondary N) is 1. The van der Waals surface area contributed by atoms with E-state index >= 15 is 0 Å². The maximum Gasteiger partial charge on any atom is 0.164 e. The Bertz CT molecular complexity index is 1170. The smallest absolute Gasteiger partial charge is 0.164 e. The van der Waals surface area contributed by atoms with E-state index in [4.69, 9.17) is 14.2 Å². The van der Waals surface area contributed by atoms with Gasteiger partial charge in [0, 0.05) is 12.7 Å². The highest BCUT2D eigenvalue weighted by atomic mass is 16.8. The lowest BCUT2D eigenvalue weighted by molar-refractivity contribution is -0.148. The van der Waals surface area contributed by atoms with Gasteiger partial charge in [-0.15, -0.1) is 0 Å². The minimum absolute atomic E-state index is 0.0498. The quantitative estimate of drug-likeness (QED) is 0.572. The minimum atomic E-state index is -0.697. The molecule has 3 heterocycles. The molecule has 168 valence electrons. The first-order chi connectivity index (χ1) is 15.4. The highest BCUT2D eigenvalue weighted by Gasteiger charge is 2.52. The van der Waals surface area contributed by atoms with Crippen LogP contribution in [0.5, 0.6) is 5.75 Å². The number of methoxy groups -OCH3 is 1. The third-order valence-electron chi connectivity index (χ3n) is 6.33. The second-order valence-corrected chi connectivity index (χ2v) is 8.72. The van der Waals surface area contributed by atoms with Crippen LogP contribution < -0.4 is 10.1 Å². The van der Waals surface area contributed by atoms with E-state index in [0.717, 1.165) is 39.3 Å². The molecule has 0 saturated carbocycles. The van der Waals surface area contributed by atoms with Crippen LogP contribution in [0.25, 0.3) is 11.0 Å². The summed E-state index contributed by atoms with van der Waals surface area (Å²) in [6, 6.07) is 9.85. The molecule has 0 amide bonds. The number of aromatic nitrogens is 3. The van der Waals surface area contributed by atoms with E-state index in [1.165, 1.54) is 0 Å². The molecular weight excluding hydrogens is 408 g/mol. The molecule has 1 aromatic carbocycles. The predicted octanol–water partition coefficient (Wildman–Crippen LogP) is 3.44. The van der Waals surface area contributed by atoms with Crippen molar-refractivity contribution in [1.29, 1.82) is 0 Å². The Balaban J connectivity index is 1.45. The van der Waals surface area contributed by atoms with Crippen molar-refractivity contribution in [2.75, 3.05) is 19.0 Å². The first kappa shape index (κ1) is 20.9. The number of hydrogen-bond acceptors (Lipinski definition) is 7. The number of nitrogens with zero attached hydrogens (tertiary/aromatic N) is 3. The van der Waals surface area contributed by atoms with Crippen molar-refractivity contribution in [2.45, 2.75) is 51.4 Å². The average molecular weight is 437 g/mol. The van der Waals surface area contributed by atoms with Gasteiger partial charge in [-0.3, -0.25) is 0 Å². The molecule has 3 atom stereocenters. The number of anilines is 1. The lowest BCUT2D eigenvalue weighted by Gasteiger charge is -2.24. The van der Waals surface area contributed by atoms with Crippen LogP contribution in [0.15, 0.2) is 54.0 Å². The Morgan fingerprint density at radius 1 is 1.16 bits per heavy atom. The molecule has 1 fully saturated rings. The van der Waals surface area contributed by atoms with E-state index in [-0.39, 0.29) is 24.9 Å². The molecule has 1 aliphatic carbocycles. The van der Waals surface area contributed by atoms with E-state index in [9.17, 15) is 5.11 Å². The molecule has 1 saturated heterocycles. The number of fused-ring (bicyclic) bond motifs is 2. The molecule has 3 aromatic rings. The Morgan fingerprint density at radius 3 is 2.66 bits per heavy atom. The Hall–Kier alpha value is -2.94. The summed E-state index contributed by atoms with van der Waals surface area (Å²) in [6.07, 6.45) is 3.11. The van der Waals surface area contributed by atoms with Crippen molar-refractivity contribution in [2.24, 2.45) is 0 Å². The van der Waals surface area contributed by atoms with Gasteiger partial charge in [0.2, 0.25) is 0 Å². The molecule has 0 unspecified atom stereocenters. The van der Waals surface area contributed by atoms with Gasteiger partial charge < -0.3 is 29.2 Å². The van der Waals surface area contributed by atoms with Crippen LogP contribution in [0.4, 0.5) is 5.82 Å². The van der Waals surface area contributed by atoms with Gasteiger partial charge in [-0.05, 0) is 55.7 Å². The lowest BCUT2D eigenvalue weighted by Crippen LogP contribution is -2.29. The van der Waals surface area contributed by atoms with E-state index < -0.39 is 5.79 Å². The fourth-order valence-corrected chi connectivity index (χ4v) is 4.80. The number of benzene rings is 1. The fraction of sp³-hybridized carbons (Fsp3) is 0.417. The number of aliphatic hydroxyl groups excluding tert-OH is 1. The number of ether oxygens (including phenoxy) is 3. The van der Waals surface area contributed by atoms with Crippen LogP contribution >= 0.6 is 0 Å². The molecule has 0 bridgehead atoms. The van der Waals surface area contributed by atoms with E-state index in [1.807, 2.05) is 57.3 Å². The van der Waals surface area contributed by atoms with Gasteiger partial charge in [0.1, 0.15) is 35.7 Å². The Labute approximate surface area is 186 Å². The molecule has 2 aliphatic rings. The summed E-state index contributed by atoms with van der Waals surface area (Å²) < 4.78 is 19.7. The number of aliphatic hydroxyl groups is 1. The van der Waals surface area contributed by atoms with E-state index in [1.54, 1.807) is 13.4 Å². The van der Waals surface area contributed by atoms with Crippen LogP contribution in [0.2, 0.25) is 0 Å². The largest absolute Gasteiger partial charge is 0.497 e. The third-order valence-corrected chi connectivity index (χ3v) is 6.33. The Kier molecular flexibility index (Phi) is 5.16. The van der Waals surface area contributed by atoms with Crippen LogP contribution in [-0.4, -0.2) is 51.4 Å². The van der Waals surface area contributed by atoms with Crippen molar-refractivity contribution in [1.82, 2.24) is 14.5 Å². The average Bonchev–Trinajstić information content (AvgIpc) is 3.41. The minimum Gasteiger partial charge on any atom is -0.497 e. The van der Waals surface area contributed by atoms with Gasteiger partial charge in [0.15, 0.2) is 5.79 Å². The third kappa shape index (κ3) is 3.44. The summed E-state index contributed by atoms with van der Waals surface area (Å²) >= 11 is 0. The van der Waals surface area contributed by atoms with E-state index in [0.29, 0.717) is 6.54 Å². The van der Waals surface area contributed by atoms with Crippen LogP contribution in [0.1, 0.15) is 32.4 Å². The molecule has 1 aliphatic heterocycles. The van der Waals surface area contributed by atoms with Gasteiger partial charge in [-0.2, -0.15) is 0 Å². The molecule has 8 heteroatoms. The SMILES string of the molecule is COc1ccc(CNc2ncnc3c2ccn3[C@@H]2C(C)=C(CO)[C@H]3OC(C)(C)O[C@H]32)cc1. The van der Waals surface area contributed by atoms with Gasteiger partial charge in [0.05, 0.1) is 25.1 Å². The first-order valence-corrected chi connectivity index (χ1v) is 10.8. The summed E-state index contributed by atoms with van der Waals surface area (Å²) in [4.78, 5) is 9.04. The molecule has 2 aromatic heterocycles. The summed E-state index contributed by atoms with van der Waals surface area (Å²) in [5, 5.41) is 14.3. The summed E-state index contributed by atoms with van der Waals surface area (Å²) in [5.74, 6) is 0.904. The summed E-state index contributed by atoms with van der Waals surface area (Å²) in [5.41, 5.74) is 3.88. The maximum absolute atomic E-state index is 9.99. The van der Waals surface area contributed by atoms with Gasteiger partial charge in [-0.25, -0.2) is 9.97 Å². The zero-order valence-electron chi connectivity index (χ0n) is 18.7. The van der Waals surface area contributed by atoms with Crippen molar-refractivity contribution >= 4 is 16.9 Å². The monoisotopic (exact) mass is 436 g/mol. The van der Waals surface area contributed by atoms with Crippen LogP contribution in [-0.2, 0) is 16.0 Å². The Morgan fingerprint density at radius 2 is 1.94 bits per heavy atom. The van der Waals surface area contributed by atoms with Gasteiger partial charge in [0.25, 0.3) is 0 Å². The zero-order chi connectivity index (χ0) is 22.5. The highest BCUT2D eigenvalue weighted by Crippen LogP contribution is 2.47. The molecule has 5 rings (SSSR count). The van der Waals surface area contributed by atoms with Crippen molar-refractivity contribution in [3.63, 3.8) is 0 Å². The molecule has 2 N–H and O–H groups in total. The van der Waals surface area contributed by atoms with Gasteiger partial charge >= 0.3 is 0 Å². The van der Waals surface area contributed by atoms with Crippen LogP contribution in [0.3, 0.4) is 0 Å². The topological polar surface area (TPSA) is 90.7 Å². The predicted molar refractivity (Wildman–Crippen MR) is 120 cm³/mol. The standard InChI is InChI=1S/C24H28N4O4/c1-14-18(12-29)20-21(32-24(2,3)31-20)19(14)28-10-9-17-22(26-13-27-23(17)28)25-11-15-5-7-16(30-4)8-6-15/h5-10,13,19-21,29H,11-12H2,1-4H3,(H,25,26,27)/t19-,20-,21+/m1/s1. The lowest BCUT2D eigenvalue weighted by atomic mass is 10.1. The molecule has 0 radical (unpaired) electrons. The van der Waals surface area contributed by atoms with Crippen molar-refractivity contribution in [3.8, 4) is 5.75 Å². The molecule has 32 heavy (non-hydrogen) atoms. The summed E-state index contributed by atoms with van der Waals surface area (Å²) in [6.45, 7) is 6.43. The van der Waals surface area contributed by atoms with Crippen LogP contribution in [0, 0.1) is 0 Å². The number of rotatable bonds is 6. The second-order valence-electron chi connectivity index (χ2n) is 8.72. The van der Waals surface area contributed by atoms with E-state index in [2.05, 4.69) is 19.9 Å².